The average Bonchev–Trinajstić information content (AvgIpc) is 2.92. The molecule has 0 radical (unpaired) electrons. The van der Waals surface area contributed by atoms with Gasteiger partial charge in [0.05, 0.1) is 16.1 Å². The molecule has 0 amide bonds. The van der Waals surface area contributed by atoms with Gasteiger partial charge in [0.2, 0.25) is 0 Å². The number of hydrogen-bond donors (Lipinski definition) is 2. The summed E-state index contributed by atoms with van der Waals surface area (Å²) in [5.74, 6) is 0.965. The number of aliphatic hydroxyl groups excluding tert-OH is 1. The molecule has 3 rings (SSSR count). The van der Waals surface area contributed by atoms with Crippen molar-refractivity contribution in [2.45, 2.75) is 25.5 Å². The lowest BCUT2D eigenvalue weighted by atomic mass is 10.1. The van der Waals surface area contributed by atoms with E-state index in [4.69, 9.17) is 11.6 Å². The van der Waals surface area contributed by atoms with E-state index in [0.717, 1.165) is 48.3 Å². The highest BCUT2D eigenvalue weighted by molar-refractivity contribution is 7.16. The highest BCUT2D eigenvalue weighted by Gasteiger charge is 2.20. The van der Waals surface area contributed by atoms with Gasteiger partial charge in [-0.25, -0.2) is 4.98 Å². The number of aromatic nitrogens is 1. The third-order valence-electron chi connectivity index (χ3n) is 3.63. The van der Waals surface area contributed by atoms with Crippen LogP contribution in [-0.4, -0.2) is 29.3 Å². The SMILES string of the molecule is OC1CCN(c2ncccc2NCc2ccc(Cl)s2)CC1. The van der Waals surface area contributed by atoms with Gasteiger partial charge in [0.15, 0.2) is 5.82 Å². The van der Waals surface area contributed by atoms with E-state index in [9.17, 15) is 5.11 Å². The standard InChI is InChI=1S/C15H18ClN3OS/c16-14-4-3-12(21-14)10-18-13-2-1-7-17-15(13)19-8-5-11(20)6-9-19/h1-4,7,11,18,20H,5-6,8-10H2. The summed E-state index contributed by atoms with van der Waals surface area (Å²) in [6.45, 7) is 2.43. The van der Waals surface area contributed by atoms with Crippen LogP contribution >= 0.6 is 22.9 Å². The Morgan fingerprint density at radius 1 is 1.33 bits per heavy atom. The number of rotatable bonds is 4. The molecule has 2 aromatic rings. The summed E-state index contributed by atoms with van der Waals surface area (Å²) in [6.07, 6.45) is 3.25. The van der Waals surface area contributed by atoms with Crippen molar-refractivity contribution in [2.24, 2.45) is 0 Å². The third kappa shape index (κ3) is 3.67. The van der Waals surface area contributed by atoms with Gasteiger partial charge in [-0.2, -0.15) is 0 Å². The van der Waals surface area contributed by atoms with Crippen molar-refractivity contribution in [2.75, 3.05) is 23.3 Å². The molecule has 0 aromatic carbocycles. The van der Waals surface area contributed by atoms with Gasteiger partial charge >= 0.3 is 0 Å². The van der Waals surface area contributed by atoms with E-state index in [-0.39, 0.29) is 6.10 Å². The summed E-state index contributed by atoms with van der Waals surface area (Å²) in [5, 5.41) is 13.1. The first kappa shape index (κ1) is 14.6. The molecule has 1 aliphatic heterocycles. The lowest BCUT2D eigenvalue weighted by Crippen LogP contribution is -2.36. The number of hydrogen-bond acceptors (Lipinski definition) is 5. The van der Waals surface area contributed by atoms with Crippen molar-refractivity contribution in [3.63, 3.8) is 0 Å². The maximum Gasteiger partial charge on any atom is 0.151 e. The third-order valence-corrected chi connectivity index (χ3v) is 4.86. The predicted molar refractivity (Wildman–Crippen MR) is 88.3 cm³/mol. The summed E-state index contributed by atoms with van der Waals surface area (Å²) in [7, 11) is 0. The Bertz CT molecular complexity index is 596. The smallest absolute Gasteiger partial charge is 0.151 e. The first-order chi connectivity index (χ1) is 10.2. The van der Waals surface area contributed by atoms with Crippen molar-refractivity contribution in [3.8, 4) is 0 Å². The van der Waals surface area contributed by atoms with E-state index in [1.54, 1.807) is 11.3 Å². The van der Waals surface area contributed by atoms with Crippen LogP contribution in [0.2, 0.25) is 4.34 Å². The van der Waals surface area contributed by atoms with Gasteiger partial charge in [0.25, 0.3) is 0 Å². The molecule has 112 valence electrons. The minimum absolute atomic E-state index is 0.172. The second-order valence-electron chi connectivity index (χ2n) is 5.15. The number of aliphatic hydroxyl groups is 1. The average molecular weight is 324 g/mol. The fraction of sp³-hybridized carbons (Fsp3) is 0.400. The van der Waals surface area contributed by atoms with Crippen LogP contribution in [-0.2, 0) is 6.54 Å². The lowest BCUT2D eigenvalue weighted by molar-refractivity contribution is 0.145. The highest BCUT2D eigenvalue weighted by atomic mass is 35.5. The highest BCUT2D eigenvalue weighted by Crippen LogP contribution is 2.27. The van der Waals surface area contributed by atoms with Crippen LogP contribution < -0.4 is 10.2 Å². The summed E-state index contributed by atoms with van der Waals surface area (Å²) in [4.78, 5) is 7.93. The molecule has 0 bridgehead atoms. The topological polar surface area (TPSA) is 48.4 Å². The largest absolute Gasteiger partial charge is 0.393 e. The summed E-state index contributed by atoms with van der Waals surface area (Å²) < 4.78 is 0.809. The molecule has 0 aliphatic carbocycles. The fourth-order valence-corrected chi connectivity index (χ4v) is 3.52. The maximum absolute atomic E-state index is 9.62. The summed E-state index contributed by atoms with van der Waals surface area (Å²) in [6, 6.07) is 7.93. The van der Waals surface area contributed by atoms with Crippen LogP contribution in [0, 0.1) is 0 Å². The van der Waals surface area contributed by atoms with Crippen LogP contribution in [0.1, 0.15) is 17.7 Å². The van der Waals surface area contributed by atoms with E-state index in [1.807, 2.05) is 30.5 Å². The van der Waals surface area contributed by atoms with Crippen molar-refractivity contribution in [1.29, 1.82) is 0 Å². The quantitative estimate of drug-likeness (QED) is 0.905. The van der Waals surface area contributed by atoms with Crippen molar-refractivity contribution in [1.82, 2.24) is 4.98 Å². The molecule has 0 saturated carbocycles. The van der Waals surface area contributed by atoms with Gasteiger partial charge in [-0.3, -0.25) is 0 Å². The molecule has 4 nitrogen and oxygen atoms in total. The molecule has 0 atom stereocenters. The van der Waals surface area contributed by atoms with Crippen LogP contribution in [0.5, 0.6) is 0 Å². The molecular weight excluding hydrogens is 306 g/mol. The molecule has 1 saturated heterocycles. The van der Waals surface area contributed by atoms with Crippen molar-refractivity contribution >= 4 is 34.4 Å². The first-order valence-corrected chi connectivity index (χ1v) is 8.28. The van der Waals surface area contributed by atoms with Gasteiger partial charge in [-0.05, 0) is 37.1 Å². The molecule has 2 aromatic heterocycles. The molecule has 3 heterocycles. The Labute approximate surface area is 133 Å². The van der Waals surface area contributed by atoms with Crippen LogP contribution in [0.15, 0.2) is 30.5 Å². The van der Waals surface area contributed by atoms with Crippen LogP contribution in [0.3, 0.4) is 0 Å². The van der Waals surface area contributed by atoms with E-state index in [0.29, 0.717) is 0 Å². The van der Waals surface area contributed by atoms with Crippen LogP contribution in [0.4, 0.5) is 11.5 Å². The summed E-state index contributed by atoms with van der Waals surface area (Å²) >= 11 is 7.54. The number of piperidine rings is 1. The zero-order valence-corrected chi connectivity index (χ0v) is 13.2. The molecule has 0 unspecified atom stereocenters. The predicted octanol–water partition coefficient (Wildman–Crippen LogP) is 3.37. The van der Waals surface area contributed by atoms with Gasteiger partial charge in [0, 0.05) is 30.7 Å². The molecule has 6 heteroatoms. The number of halogens is 1. The molecule has 21 heavy (non-hydrogen) atoms. The minimum atomic E-state index is -0.172. The maximum atomic E-state index is 9.62. The lowest BCUT2D eigenvalue weighted by Gasteiger charge is -2.31. The van der Waals surface area contributed by atoms with Crippen molar-refractivity contribution in [3.05, 3.63) is 39.7 Å². The van der Waals surface area contributed by atoms with Gasteiger partial charge < -0.3 is 15.3 Å². The van der Waals surface area contributed by atoms with E-state index >= 15 is 0 Å². The van der Waals surface area contributed by atoms with Gasteiger partial charge in [-0.1, -0.05) is 11.6 Å². The Morgan fingerprint density at radius 2 is 2.14 bits per heavy atom. The Kier molecular flexibility index (Phi) is 4.63. The molecule has 1 aliphatic rings. The first-order valence-electron chi connectivity index (χ1n) is 7.08. The number of anilines is 2. The fourth-order valence-electron chi connectivity index (χ4n) is 2.49. The van der Waals surface area contributed by atoms with Crippen LogP contribution in [0.25, 0.3) is 0 Å². The number of thiophene rings is 1. The van der Waals surface area contributed by atoms with Crippen molar-refractivity contribution < 1.29 is 5.11 Å². The van der Waals surface area contributed by atoms with Gasteiger partial charge in [0.1, 0.15) is 0 Å². The normalized spacial score (nSPS) is 16.2. The van der Waals surface area contributed by atoms with Gasteiger partial charge in [-0.15, -0.1) is 11.3 Å². The van der Waals surface area contributed by atoms with E-state index < -0.39 is 0 Å². The number of pyridine rings is 1. The molecular formula is C15H18ClN3OS. The number of nitrogens with one attached hydrogen (secondary N) is 1. The molecule has 0 spiro atoms. The monoisotopic (exact) mass is 323 g/mol. The zero-order chi connectivity index (χ0) is 14.7. The number of nitrogens with zero attached hydrogens (tertiary/aromatic N) is 2. The molecule has 2 N–H and O–H groups in total. The zero-order valence-electron chi connectivity index (χ0n) is 11.6. The second-order valence-corrected chi connectivity index (χ2v) is 6.95. The Hall–Kier alpha value is -1.30. The Morgan fingerprint density at radius 3 is 2.86 bits per heavy atom. The minimum Gasteiger partial charge on any atom is -0.393 e. The summed E-state index contributed by atoms with van der Waals surface area (Å²) in [5.41, 5.74) is 1.03. The second kappa shape index (κ2) is 6.64. The molecule has 1 fully saturated rings. The Balaban J connectivity index is 1.70. The van der Waals surface area contributed by atoms with E-state index in [2.05, 4.69) is 15.2 Å². The van der Waals surface area contributed by atoms with E-state index in [1.165, 1.54) is 4.88 Å².